The van der Waals surface area contributed by atoms with Gasteiger partial charge in [0.25, 0.3) is 0 Å². The molecule has 0 radical (unpaired) electrons. The first-order valence-corrected chi connectivity index (χ1v) is 6.75. The van der Waals surface area contributed by atoms with Crippen LogP contribution in [0, 0.1) is 12.8 Å². The smallest absolute Gasteiger partial charge is 0.326 e. The zero-order valence-electron chi connectivity index (χ0n) is 12.4. The van der Waals surface area contributed by atoms with Crippen molar-refractivity contribution in [2.45, 2.75) is 40.2 Å². The minimum atomic E-state index is -1.03. The van der Waals surface area contributed by atoms with Crippen molar-refractivity contribution in [1.29, 1.82) is 0 Å². The average molecular weight is 278 g/mol. The van der Waals surface area contributed by atoms with E-state index in [2.05, 4.69) is 10.6 Å². The van der Waals surface area contributed by atoms with Gasteiger partial charge in [-0.3, -0.25) is 0 Å². The Morgan fingerprint density at radius 3 is 2.45 bits per heavy atom. The number of benzene rings is 1. The maximum atomic E-state index is 12.0. The van der Waals surface area contributed by atoms with Crippen molar-refractivity contribution in [3.05, 3.63) is 29.3 Å². The van der Waals surface area contributed by atoms with Crippen molar-refractivity contribution >= 4 is 17.7 Å². The number of carbonyl (C=O) groups is 2. The molecule has 0 saturated heterocycles. The Morgan fingerprint density at radius 2 is 1.95 bits per heavy atom. The Balaban J connectivity index is 2.84. The zero-order valence-corrected chi connectivity index (χ0v) is 12.4. The summed E-state index contributed by atoms with van der Waals surface area (Å²) in [4.78, 5) is 23.0. The molecule has 110 valence electrons. The summed E-state index contributed by atoms with van der Waals surface area (Å²) in [6.45, 7) is 7.42. The van der Waals surface area contributed by atoms with Crippen LogP contribution in [0.1, 0.15) is 31.9 Å². The SMILES string of the molecule is CCc1cccc(C)c1NC(=O)N[C@H](C(=O)O)C(C)C. The van der Waals surface area contributed by atoms with Crippen LogP contribution in [0.2, 0.25) is 0 Å². The fourth-order valence-electron chi connectivity index (χ4n) is 2.01. The summed E-state index contributed by atoms with van der Waals surface area (Å²) in [5, 5.41) is 14.3. The molecule has 5 heteroatoms. The molecule has 0 unspecified atom stereocenters. The average Bonchev–Trinajstić information content (AvgIpc) is 2.37. The Morgan fingerprint density at radius 1 is 1.30 bits per heavy atom. The molecule has 2 amide bonds. The number of amides is 2. The topological polar surface area (TPSA) is 78.4 Å². The normalized spacial score (nSPS) is 12.1. The van der Waals surface area contributed by atoms with E-state index in [9.17, 15) is 9.59 Å². The molecule has 0 aliphatic carbocycles. The van der Waals surface area contributed by atoms with Crippen LogP contribution < -0.4 is 10.6 Å². The van der Waals surface area contributed by atoms with Gasteiger partial charge in [-0.1, -0.05) is 39.0 Å². The van der Waals surface area contributed by atoms with Gasteiger partial charge in [0.15, 0.2) is 0 Å². The first kappa shape index (κ1) is 16.0. The zero-order chi connectivity index (χ0) is 15.3. The summed E-state index contributed by atoms with van der Waals surface area (Å²) in [5.74, 6) is -1.21. The number of carboxylic acids is 1. The Hall–Kier alpha value is -2.04. The third kappa shape index (κ3) is 3.98. The molecule has 1 atom stereocenters. The number of hydrogen-bond acceptors (Lipinski definition) is 2. The maximum Gasteiger partial charge on any atom is 0.326 e. The number of anilines is 1. The molecule has 20 heavy (non-hydrogen) atoms. The fourth-order valence-corrected chi connectivity index (χ4v) is 2.01. The summed E-state index contributed by atoms with van der Waals surface area (Å²) in [6.07, 6.45) is 0.795. The standard InChI is InChI=1S/C15H22N2O3/c1-5-11-8-6-7-10(4)13(11)17-15(20)16-12(9(2)3)14(18)19/h6-9,12H,5H2,1-4H3,(H,18,19)(H2,16,17,20)/t12-/m0/s1. The van der Waals surface area contributed by atoms with E-state index in [-0.39, 0.29) is 5.92 Å². The summed E-state index contributed by atoms with van der Waals surface area (Å²) in [6, 6.07) is 4.40. The van der Waals surface area contributed by atoms with Crippen LogP contribution in [0.25, 0.3) is 0 Å². The second-order valence-corrected chi connectivity index (χ2v) is 5.12. The molecule has 0 saturated carbocycles. The van der Waals surface area contributed by atoms with Crippen LogP contribution in [0.5, 0.6) is 0 Å². The number of carbonyl (C=O) groups excluding carboxylic acids is 1. The van der Waals surface area contributed by atoms with E-state index in [0.29, 0.717) is 0 Å². The summed E-state index contributed by atoms with van der Waals surface area (Å²) in [7, 11) is 0. The lowest BCUT2D eigenvalue weighted by atomic mass is 10.0. The molecule has 0 spiro atoms. The molecule has 0 aliphatic heterocycles. The first-order valence-electron chi connectivity index (χ1n) is 6.75. The summed E-state index contributed by atoms with van der Waals surface area (Å²) >= 11 is 0. The monoisotopic (exact) mass is 278 g/mol. The first-order chi connectivity index (χ1) is 9.36. The lowest BCUT2D eigenvalue weighted by molar-refractivity contribution is -0.140. The number of para-hydroxylation sites is 1. The van der Waals surface area contributed by atoms with E-state index in [4.69, 9.17) is 5.11 Å². The molecular weight excluding hydrogens is 256 g/mol. The molecule has 0 aliphatic rings. The molecule has 5 nitrogen and oxygen atoms in total. The van der Waals surface area contributed by atoms with Gasteiger partial charge in [-0.2, -0.15) is 0 Å². The van der Waals surface area contributed by atoms with Crippen LogP contribution in [-0.2, 0) is 11.2 Å². The van der Waals surface area contributed by atoms with E-state index in [1.165, 1.54) is 0 Å². The molecule has 3 N–H and O–H groups in total. The molecule has 1 aromatic rings. The van der Waals surface area contributed by atoms with Crippen LogP contribution in [0.15, 0.2) is 18.2 Å². The summed E-state index contributed by atoms with van der Waals surface area (Å²) in [5.41, 5.74) is 2.73. The third-order valence-electron chi connectivity index (χ3n) is 3.20. The van der Waals surface area contributed by atoms with Crippen molar-refractivity contribution in [2.75, 3.05) is 5.32 Å². The predicted molar refractivity (Wildman–Crippen MR) is 79.0 cm³/mol. The lowest BCUT2D eigenvalue weighted by Crippen LogP contribution is -2.46. The molecule has 1 rings (SSSR count). The Kier molecular flexibility index (Phi) is 5.55. The van der Waals surface area contributed by atoms with Crippen molar-refractivity contribution in [2.24, 2.45) is 5.92 Å². The lowest BCUT2D eigenvalue weighted by Gasteiger charge is -2.19. The Bertz CT molecular complexity index is 498. The predicted octanol–water partition coefficient (Wildman–Crippen LogP) is 2.79. The number of carboxylic acid groups (broad SMARTS) is 1. The van der Waals surface area contributed by atoms with E-state index in [1.807, 2.05) is 32.0 Å². The van der Waals surface area contributed by atoms with E-state index in [1.54, 1.807) is 13.8 Å². The number of nitrogens with one attached hydrogen (secondary N) is 2. The Labute approximate surface area is 119 Å². The molecule has 0 aromatic heterocycles. The van der Waals surface area contributed by atoms with Crippen LogP contribution in [-0.4, -0.2) is 23.1 Å². The number of aryl methyl sites for hydroxylation is 2. The minimum Gasteiger partial charge on any atom is -0.480 e. The van der Waals surface area contributed by atoms with Crippen molar-refractivity contribution < 1.29 is 14.7 Å². The largest absolute Gasteiger partial charge is 0.480 e. The minimum absolute atomic E-state index is 0.180. The molecule has 0 heterocycles. The molecular formula is C15H22N2O3. The van der Waals surface area contributed by atoms with Crippen molar-refractivity contribution in [1.82, 2.24) is 5.32 Å². The van der Waals surface area contributed by atoms with Gasteiger partial charge < -0.3 is 15.7 Å². The number of urea groups is 1. The van der Waals surface area contributed by atoms with E-state index < -0.39 is 18.0 Å². The quantitative estimate of drug-likeness (QED) is 0.775. The maximum absolute atomic E-state index is 12.0. The van der Waals surface area contributed by atoms with Crippen LogP contribution in [0.3, 0.4) is 0 Å². The molecule has 1 aromatic carbocycles. The van der Waals surface area contributed by atoms with Gasteiger partial charge in [0.1, 0.15) is 6.04 Å². The second kappa shape index (κ2) is 6.93. The van der Waals surface area contributed by atoms with Crippen molar-refractivity contribution in [3.63, 3.8) is 0 Å². The highest BCUT2D eigenvalue weighted by Crippen LogP contribution is 2.21. The number of aliphatic carboxylic acids is 1. The van der Waals surface area contributed by atoms with Crippen LogP contribution >= 0.6 is 0 Å². The highest BCUT2D eigenvalue weighted by molar-refractivity contribution is 5.93. The second-order valence-electron chi connectivity index (χ2n) is 5.12. The number of hydrogen-bond donors (Lipinski definition) is 3. The van der Waals surface area contributed by atoms with Crippen molar-refractivity contribution in [3.8, 4) is 0 Å². The highest BCUT2D eigenvalue weighted by Gasteiger charge is 2.23. The van der Waals surface area contributed by atoms with Gasteiger partial charge in [0, 0.05) is 5.69 Å². The summed E-state index contributed by atoms with van der Waals surface area (Å²) < 4.78 is 0. The van der Waals surface area contributed by atoms with Gasteiger partial charge >= 0.3 is 12.0 Å². The fraction of sp³-hybridized carbons (Fsp3) is 0.467. The molecule has 0 bridgehead atoms. The van der Waals surface area contributed by atoms with E-state index in [0.717, 1.165) is 23.2 Å². The highest BCUT2D eigenvalue weighted by atomic mass is 16.4. The van der Waals surface area contributed by atoms with E-state index >= 15 is 0 Å². The number of rotatable bonds is 5. The van der Waals surface area contributed by atoms with Gasteiger partial charge in [0.05, 0.1) is 0 Å². The van der Waals surface area contributed by atoms with Gasteiger partial charge in [0.2, 0.25) is 0 Å². The molecule has 0 fully saturated rings. The third-order valence-corrected chi connectivity index (χ3v) is 3.20. The van der Waals surface area contributed by atoms with Gasteiger partial charge in [-0.25, -0.2) is 9.59 Å². The van der Waals surface area contributed by atoms with Gasteiger partial charge in [-0.15, -0.1) is 0 Å². The van der Waals surface area contributed by atoms with Crippen LogP contribution in [0.4, 0.5) is 10.5 Å². The van der Waals surface area contributed by atoms with Gasteiger partial charge in [-0.05, 0) is 30.4 Å².